The Labute approximate surface area is 107 Å². The maximum absolute atomic E-state index is 5.65. The van der Waals surface area contributed by atoms with Crippen LogP contribution in [0, 0.1) is 0 Å². The van der Waals surface area contributed by atoms with Crippen LogP contribution in [0.2, 0.25) is 0 Å². The summed E-state index contributed by atoms with van der Waals surface area (Å²) in [5.74, 6) is 2.00. The topological polar surface area (TPSA) is 68.3 Å². The van der Waals surface area contributed by atoms with Crippen molar-refractivity contribution in [2.45, 2.75) is 31.9 Å². The van der Waals surface area contributed by atoms with Crippen molar-refractivity contribution in [1.29, 1.82) is 0 Å². The molecule has 1 aliphatic heterocycles. The standard InChI is InChI=1S/C12H20N4O2/c1-8(9-5-4-6-18-9)16-12-10(17-3)11(13-2)14-7-15-12/h7-9H,4-6H2,1-3H3,(H2,13,14,15,16). The van der Waals surface area contributed by atoms with E-state index in [1.807, 2.05) is 0 Å². The smallest absolute Gasteiger partial charge is 0.204 e. The maximum atomic E-state index is 5.65. The fourth-order valence-electron chi connectivity index (χ4n) is 2.15. The number of nitrogens with zero attached hydrogens (tertiary/aromatic N) is 2. The molecule has 0 spiro atoms. The lowest BCUT2D eigenvalue weighted by molar-refractivity contribution is 0.0995. The van der Waals surface area contributed by atoms with Crippen molar-refractivity contribution in [3.05, 3.63) is 6.33 Å². The largest absolute Gasteiger partial charge is 0.490 e. The molecule has 0 radical (unpaired) electrons. The van der Waals surface area contributed by atoms with E-state index in [1.54, 1.807) is 14.2 Å². The molecule has 6 heteroatoms. The van der Waals surface area contributed by atoms with Crippen molar-refractivity contribution in [3.8, 4) is 5.75 Å². The zero-order valence-corrected chi connectivity index (χ0v) is 11.1. The first-order valence-electron chi connectivity index (χ1n) is 6.21. The van der Waals surface area contributed by atoms with Gasteiger partial charge in [0.25, 0.3) is 0 Å². The maximum Gasteiger partial charge on any atom is 0.204 e. The van der Waals surface area contributed by atoms with Gasteiger partial charge >= 0.3 is 0 Å². The Balaban J connectivity index is 2.12. The van der Waals surface area contributed by atoms with Crippen LogP contribution in [0.5, 0.6) is 5.75 Å². The second-order valence-electron chi connectivity index (χ2n) is 4.34. The molecule has 0 aromatic carbocycles. The van der Waals surface area contributed by atoms with Crippen molar-refractivity contribution in [2.75, 3.05) is 31.4 Å². The van der Waals surface area contributed by atoms with Crippen molar-refractivity contribution < 1.29 is 9.47 Å². The highest BCUT2D eigenvalue weighted by Crippen LogP contribution is 2.30. The lowest BCUT2D eigenvalue weighted by atomic mass is 10.1. The first kappa shape index (κ1) is 12.9. The van der Waals surface area contributed by atoms with E-state index in [1.165, 1.54) is 6.33 Å². The van der Waals surface area contributed by atoms with E-state index < -0.39 is 0 Å². The van der Waals surface area contributed by atoms with Gasteiger partial charge in [-0.2, -0.15) is 0 Å². The minimum atomic E-state index is 0.195. The zero-order chi connectivity index (χ0) is 13.0. The molecule has 2 heterocycles. The Hall–Kier alpha value is -1.56. The third-order valence-corrected chi connectivity index (χ3v) is 3.13. The quantitative estimate of drug-likeness (QED) is 0.828. The van der Waals surface area contributed by atoms with Crippen LogP contribution in [-0.2, 0) is 4.74 Å². The summed E-state index contributed by atoms with van der Waals surface area (Å²) in [6, 6.07) is 0.195. The van der Waals surface area contributed by atoms with Gasteiger partial charge in [-0.1, -0.05) is 0 Å². The van der Waals surface area contributed by atoms with E-state index in [-0.39, 0.29) is 12.1 Å². The van der Waals surface area contributed by atoms with Crippen LogP contribution in [0.1, 0.15) is 19.8 Å². The van der Waals surface area contributed by atoms with Crippen LogP contribution in [0.25, 0.3) is 0 Å². The Morgan fingerprint density at radius 2 is 2.22 bits per heavy atom. The molecule has 2 atom stereocenters. The van der Waals surface area contributed by atoms with Gasteiger partial charge in [-0.05, 0) is 19.8 Å². The Bertz CT molecular complexity index is 394. The summed E-state index contributed by atoms with van der Waals surface area (Å²) in [7, 11) is 3.42. The summed E-state index contributed by atoms with van der Waals surface area (Å²) in [6.45, 7) is 2.94. The summed E-state index contributed by atoms with van der Waals surface area (Å²) in [5, 5.41) is 6.32. The fraction of sp³-hybridized carbons (Fsp3) is 0.667. The molecule has 0 amide bonds. The minimum absolute atomic E-state index is 0.195. The second kappa shape index (κ2) is 5.86. The van der Waals surface area contributed by atoms with E-state index >= 15 is 0 Å². The normalized spacial score (nSPS) is 20.5. The van der Waals surface area contributed by atoms with E-state index in [0.717, 1.165) is 19.4 Å². The fourth-order valence-corrected chi connectivity index (χ4v) is 2.15. The molecule has 1 aromatic rings. The monoisotopic (exact) mass is 252 g/mol. The highest BCUT2D eigenvalue weighted by molar-refractivity contribution is 5.63. The number of rotatable bonds is 5. The molecule has 1 saturated heterocycles. The van der Waals surface area contributed by atoms with E-state index in [2.05, 4.69) is 27.5 Å². The number of nitrogens with one attached hydrogen (secondary N) is 2. The number of methoxy groups -OCH3 is 1. The summed E-state index contributed by atoms with van der Waals surface area (Å²) in [5.41, 5.74) is 0. The summed E-state index contributed by atoms with van der Waals surface area (Å²) >= 11 is 0. The van der Waals surface area contributed by atoms with Gasteiger partial charge in [0.1, 0.15) is 6.33 Å². The van der Waals surface area contributed by atoms with E-state index in [0.29, 0.717) is 17.4 Å². The van der Waals surface area contributed by atoms with Crippen LogP contribution in [0.4, 0.5) is 11.6 Å². The number of anilines is 2. The molecule has 18 heavy (non-hydrogen) atoms. The number of ether oxygens (including phenoxy) is 2. The Morgan fingerprint density at radius 1 is 1.44 bits per heavy atom. The molecule has 1 aliphatic rings. The van der Waals surface area contributed by atoms with Gasteiger partial charge in [-0.25, -0.2) is 9.97 Å². The molecule has 1 aromatic heterocycles. The highest BCUT2D eigenvalue weighted by Gasteiger charge is 2.24. The van der Waals surface area contributed by atoms with Crippen molar-refractivity contribution in [2.24, 2.45) is 0 Å². The number of hydrogen-bond donors (Lipinski definition) is 2. The average Bonchev–Trinajstić information content (AvgIpc) is 2.92. The summed E-state index contributed by atoms with van der Waals surface area (Å²) in [6.07, 6.45) is 3.96. The third kappa shape index (κ3) is 2.64. The molecule has 2 N–H and O–H groups in total. The van der Waals surface area contributed by atoms with Gasteiger partial charge in [0, 0.05) is 13.7 Å². The van der Waals surface area contributed by atoms with Gasteiger partial charge in [-0.15, -0.1) is 0 Å². The molecule has 2 unspecified atom stereocenters. The van der Waals surface area contributed by atoms with Crippen LogP contribution in [0.15, 0.2) is 6.33 Å². The zero-order valence-electron chi connectivity index (χ0n) is 11.1. The molecule has 2 rings (SSSR count). The first-order valence-corrected chi connectivity index (χ1v) is 6.21. The Morgan fingerprint density at radius 3 is 2.83 bits per heavy atom. The average molecular weight is 252 g/mol. The molecule has 1 fully saturated rings. The molecular formula is C12H20N4O2. The number of hydrogen-bond acceptors (Lipinski definition) is 6. The lowest BCUT2D eigenvalue weighted by Crippen LogP contribution is -2.30. The van der Waals surface area contributed by atoms with Crippen LogP contribution < -0.4 is 15.4 Å². The molecule has 0 saturated carbocycles. The van der Waals surface area contributed by atoms with Crippen LogP contribution in [-0.4, -0.2) is 42.9 Å². The van der Waals surface area contributed by atoms with Crippen LogP contribution >= 0.6 is 0 Å². The predicted molar refractivity (Wildman–Crippen MR) is 70.2 cm³/mol. The Kier molecular flexibility index (Phi) is 4.19. The SMILES string of the molecule is CNc1ncnc(NC(C)C2CCCO2)c1OC. The minimum Gasteiger partial charge on any atom is -0.490 e. The molecule has 100 valence electrons. The summed E-state index contributed by atoms with van der Waals surface area (Å²) in [4.78, 5) is 8.34. The van der Waals surface area contributed by atoms with E-state index in [9.17, 15) is 0 Å². The van der Waals surface area contributed by atoms with Crippen molar-refractivity contribution in [3.63, 3.8) is 0 Å². The third-order valence-electron chi connectivity index (χ3n) is 3.13. The highest BCUT2D eigenvalue weighted by atomic mass is 16.5. The van der Waals surface area contributed by atoms with E-state index in [4.69, 9.17) is 9.47 Å². The lowest BCUT2D eigenvalue weighted by Gasteiger charge is -2.22. The number of aromatic nitrogens is 2. The van der Waals surface area contributed by atoms with Gasteiger partial charge in [0.05, 0.1) is 19.3 Å². The summed E-state index contributed by atoms with van der Waals surface area (Å²) < 4.78 is 11.0. The molecule has 0 aliphatic carbocycles. The molecule has 0 bridgehead atoms. The first-order chi connectivity index (χ1) is 8.76. The van der Waals surface area contributed by atoms with Crippen LogP contribution in [0.3, 0.4) is 0 Å². The van der Waals surface area contributed by atoms with Gasteiger partial charge < -0.3 is 20.1 Å². The van der Waals surface area contributed by atoms with Gasteiger partial charge in [-0.3, -0.25) is 0 Å². The second-order valence-corrected chi connectivity index (χ2v) is 4.34. The molecule has 6 nitrogen and oxygen atoms in total. The van der Waals surface area contributed by atoms with Gasteiger partial charge in [0.2, 0.25) is 5.75 Å². The van der Waals surface area contributed by atoms with Gasteiger partial charge in [0.15, 0.2) is 11.6 Å². The van der Waals surface area contributed by atoms with Crippen molar-refractivity contribution in [1.82, 2.24) is 9.97 Å². The van der Waals surface area contributed by atoms with Crippen molar-refractivity contribution >= 4 is 11.6 Å². The predicted octanol–water partition coefficient (Wildman–Crippen LogP) is 1.51. The molecular weight excluding hydrogens is 232 g/mol.